The van der Waals surface area contributed by atoms with Gasteiger partial charge in [0.1, 0.15) is 0 Å². The van der Waals surface area contributed by atoms with Crippen LogP contribution in [0.15, 0.2) is 11.4 Å². The molecule has 2 N–H and O–H groups in total. The molecule has 0 radical (unpaired) electrons. The van der Waals surface area contributed by atoms with Gasteiger partial charge in [0.15, 0.2) is 0 Å². The van der Waals surface area contributed by atoms with E-state index in [9.17, 15) is 0 Å². The van der Waals surface area contributed by atoms with Gasteiger partial charge in [-0.15, -0.1) is 23.7 Å². The van der Waals surface area contributed by atoms with Crippen molar-refractivity contribution in [3.63, 3.8) is 0 Å². The SMILES string of the molecule is Cl.NC1CCc2ccsc21. The van der Waals surface area contributed by atoms with Gasteiger partial charge in [0.05, 0.1) is 0 Å². The van der Waals surface area contributed by atoms with E-state index in [4.69, 9.17) is 5.73 Å². The van der Waals surface area contributed by atoms with Crippen LogP contribution in [0.1, 0.15) is 22.9 Å². The van der Waals surface area contributed by atoms with Crippen LogP contribution in [-0.2, 0) is 6.42 Å². The lowest BCUT2D eigenvalue weighted by Gasteiger charge is -1.96. The van der Waals surface area contributed by atoms with Crippen LogP contribution < -0.4 is 5.73 Å². The summed E-state index contributed by atoms with van der Waals surface area (Å²) in [6.45, 7) is 0. The Balaban J connectivity index is 0.000000500. The smallest absolute Gasteiger partial charge is 0.0395 e. The molecule has 0 spiro atoms. The van der Waals surface area contributed by atoms with Crippen molar-refractivity contribution < 1.29 is 0 Å². The first-order chi connectivity index (χ1) is 4.38. The van der Waals surface area contributed by atoms with Crippen LogP contribution in [0, 0.1) is 0 Å². The van der Waals surface area contributed by atoms with E-state index in [1.807, 2.05) is 0 Å². The molecule has 10 heavy (non-hydrogen) atoms. The second-order valence-corrected chi connectivity index (χ2v) is 3.40. The minimum atomic E-state index is 0. The Kier molecular flexibility index (Phi) is 2.34. The quantitative estimate of drug-likeness (QED) is 0.643. The summed E-state index contributed by atoms with van der Waals surface area (Å²) < 4.78 is 0. The number of thiophene rings is 1. The largest absolute Gasteiger partial charge is 0.323 e. The highest BCUT2D eigenvalue weighted by molar-refractivity contribution is 7.10. The van der Waals surface area contributed by atoms with Gasteiger partial charge in [-0.1, -0.05) is 0 Å². The van der Waals surface area contributed by atoms with Gasteiger partial charge in [-0.05, 0) is 29.9 Å². The summed E-state index contributed by atoms with van der Waals surface area (Å²) in [7, 11) is 0. The molecule has 0 saturated carbocycles. The van der Waals surface area contributed by atoms with Gasteiger partial charge >= 0.3 is 0 Å². The maximum atomic E-state index is 5.80. The predicted molar refractivity (Wildman–Crippen MR) is 46.8 cm³/mol. The molecule has 0 aliphatic heterocycles. The van der Waals surface area contributed by atoms with Crippen molar-refractivity contribution >= 4 is 23.7 Å². The molecule has 1 heterocycles. The van der Waals surface area contributed by atoms with E-state index in [0.717, 1.165) is 6.42 Å². The van der Waals surface area contributed by atoms with E-state index < -0.39 is 0 Å². The van der Waals surface area contributed by atoms with Gasteiger partial charge in [0.25, 0.3) is 0 Å². The van der Waals surface area contributed by atoms with E-state index in [1.165, 1.54) is 16.9 Å². The van der Waals surface area contributed by atoms with Crippen LogP contribution in [0.25, 0.3) is 0 Å². The first-order valence-corrected chi connectivity index (χ1v) is 4.08. The lowest BCUT2D eigenvalue weighted by Crippen LogP contribution is -2.02. The van der Waals surface area contributed by atoms with E-state index in [2.05, 4.69) is 11.4 Å². The Morgan fingerprint density at radius 3 is 3.10 bits per heavy atom. The molecule has 2 rings (SSSR count). The first kappa shape index (κ1) is 8.05. The minimum Gasteiger partial charge on any atom is -0.323 e. The number of halogens is 1. The molecular formula is C7H10ClNS. The van der Waals surface area contributed by atoms with Crippen molar-refractivity contribution in [3.05, 3.63) is 21.9 Å². The Bertz CT molecular complexity index is 221. The van der Waals surface area contributed by atoms with Crippen molar-refractivity contribution in [2.75, 3.05) is 0 Å². The molecule has 56 valence electrons. The van der Waals surface area contributed by atoms with Crippen molar-refractivity contribution in [3.8, 4) is 0 Å². The summed E-state index contributed by atoms with van der Waals surface area (Å²) in [6.07, 6.45) is 2.35. The highest BCUT2D eigenvalue weighted by atomic mass is 35.5. The monoisotopic (exact) mass is 175 g/mol. The van der Waals surface area contributed by atoms with Crippen LogP contribution in [0.4, 0.5) is 0 Å². The third kappa shape index (κ3) is 1.07. The average molecular weight is 176 g/mol. The molecule has 0 fully saturated rings. The Labute approximate surface area is 70.7 Å². The van der Waals surface area contributed by atoms with Crippen molar-refractivity contribution in [2.24, 2.45) is 5.73 Å². The van der Waals surface area contributed by atoms with Crippen LogP contribution in [0.3, 0.4) is 0 Å². The molecule has 3 heteroatoms. The molecule has 1 nitrogen and oxygen atoms in total. The van der Waals surface area contributed by atoms with Gasteiger partial charge in [-0.25, -0.2) is 0 Å². The lowest BCUT2D eigenvalue weighted by atomic mass is 10.3. The summed E-state index contributed by atoms with van der Waals surface area (Å²) in [5.74, 6) is 0. The fraction of sp³-hybridized carbons (Fsp3) is 0.429. The molecule has 1 aliphatic carbocycles. The van der Waals surface area contributed by atoms with Gasteiger partial charge in [0, 0.05) is 10.9 Å². The molecule has 0 aromatic carbocycles. The summed E-state index contributed by atoms with van der Waals surface area (Å²) in [5, 5.41) is 2.13. The third-order valence-corrected chi connectivity index (χ3v) is 2.93. The zero-order valence-corrected chi connectivity index (χ0v) is 7.17. The third-order valence-electron chi connectivity index (χ3n) is 1.84. The van der Waals surface area contributed by atoms with Crippen LogP contribution in [0.5, 0.6) is 0 Å². The summed E-state index contributed by atoms with van der Waals surface area (Å²) in [5.41, 5.74) is 7.28. The Morgan fingerprint density at radius 2 is 2.40 bits per heavy atom. The van der Waals surface area contributed by atoms with E-state index in [-0.39, 0.29) is 12.4 Å². The van der Waals surface area contributed by atoms with Gasteiger partial charge in [-0.2, -0.15) is 0 Å². The molecule has 0 amide bonds. The van der Waals surface area contributed by atoms with Gasteiger partial charge in [-0.3, -0.25) is 0 Å². The van der Waals surface area contributed by atoms with E-state index in [0.29, 0.717) is 6.04 Å². The normalized spacial score (nSPS) is 21.9. The number of fused-ring (bicyclic) bond motifs is 1. The number of hydrogen-bond acceptors (Lipinski definition) is 2. The maximum absolute atomic E-state index is 5.80. The summed E-state index contributed by atoms with van der Waals surface area (Å²) >= 11 is 1.80. The first-order valence-electron chi connectivity index (χ1n) is 3.20. The van der Waals surface area contributed by atoms with Crippen LogP contribution >= 0.6 is 23.7 Å². The second-order valence-electron chi connectivity index (χ2n) is 2.46. The van der Waals surface area contributed by atoms with Crippen molar-refractivity contribution in [2.45, 2.75) is 18.9 Å². The fourth-order valence-corrected chi connectivity index (χ4v) is 2.31. The standard InChI is InChI=1S/C7H9NS.ClH/c8-6-2-1-5-3-4-9-7(5)6;/h3-4,6H,1-2,8H2;1H. The van der Waals surface area contributed by atoms with Crippen molar-refractivity contribution in [1.82, 2.24) is 0 Å². The van der Waals surface area contributed by atoms with E-state index in [1.54, 1.807) is 11.3 Å². The predicted octanol–water partition coefficient (Wildman–Crippen LogP) is 2.12. The number of aryl methyl sites for hydroxylation is 1. The Morgan fingerprint density at radius 1 is 1.60 bits per heavy atom. The lowest BCUT2D eigenvalue weighted by molar-refractivity contribution is 0.721. The molecule has 1 aromatic rings. The minimum absolute atomic E-state index is 0. The number of nitrogens with two attached hydrogens (primary N) is 1. The zero-order chi connectivity index (χ0) is 6.27. The number of rotatable bonds is 0. The highest BCUT2D eigenvalue weighted by Gasteiger charge is 2.19. The molecular weight excluding hydrogens is 166 g/mol. The van der Waals surface area contributed by atoms with E-state index >= 15 is 0 Å². The molecule has 1 atom stereocenters. The summed E-state index contributed by atoms with van der Waals surface area (Å²) in [6, 6.07) is 2.53. The molecule has 1 unspecified atom stereocenters. The maximum Gasteiger partial charge on any atom is 0.0395 e. The van der Waals surface area contributed by atoms with Crippen LogP contribution in [-0.4, -0.2) is 0 Å². The zero-order valence-electron chi connectivity index (χ0n) is 5.54. The average Bonchev–Trinajstić information content (AvgIpc) is 2.35. The van der Waals surface area contributed by atoms with Gasteiger partial charge in [0.2, 0.25) is 0 Å². The molecule has 1 aromatic heterocycles. The number of hydrogen-bond donors (Lipinski definition) is 1. The summed E-state index contributed by atoms with van der Waals surface area (Å²) in [4.78, 5) is 1.41. The topological polar surface area (TPSA) is 26.0 Å². The molecule has 0 bridgehead atoms. The van der Waals surface area contributed by atoms with Gasteiger partial charge < -0.3 is 5.73 Å². The Hall–Kier alpha value is -0.0500. The van der Waals surface area contributed by atoms with Crippen molar-refractivity contribution in [1.29, 1.82) is 0 Å². The molecule has 0 saturated heterocycles. The second kappa shape index (κ2) is 2.91. The highest BCUT2D eigenvalue weighted by Crippen LogP contribution is 2.33. The fourth-order valence-electron chi connectivity index (χ4n) is 1.32. The molecule has 1 aliphatic rings. The van der Waals surface area contributed by atoms with Crippen LogP contribution in [0.2, 0.25) is 0 Å².